The third-order valence-electron chi connectivity index (χ3n) is 1.68. The fourth-order valence-corrected chi connectivity index (χ4v) is 0.535. The predicted octanol–water partition coefficient (Wildman–Crippen LogP) is 3.49. The Morgan fingerprint density at radius 3 is 1.58 bits per heavy atom. The van der Waals surface area contributed by atoms with Crippen molar-refractivity contribution < 1.29 is 5.11 Å². The quantitative estimate of drug-likeness (QED) is 0.649. The Morgan fingerprint density at radius 2 is 1.50 bits per heavy atom. The zero-order chi connectivity index (χ0) is 10.6. The van der Waals surface area contributed by atoms with E-state index in [9.17, 15) is 0 Å². The van der Waals surface area contributed by atoms with Crippen LogP contribution < -0.4 is 0 Å². The van der Waals surface area contributed by atoms with Gasteiger partial charge in [-0.15, -0.1) is 6.58 Å². The Balaban J connectivity index is -0.000000175. The number of aliphatic hydroxyl groups excluding tert-OH is 1. The maximum atomic E-state index is 7.00. The Kier molecular flexibility index (Phi) is 25.0. The van der Waals surface area contributed by atoms with E-state index in [1.165, 1.54) is 0 Å². The molecular weight excluding hydrogens is 148 g/mol. The van der Waals surface area contributed by atoms with Crippen LogP contribution in [0, 0.1) is 11.8 Å². The van der Waals surface area contributed by atoms with E-state index in [-0.39, 0.29) is 0 Å². The lowest BCUT2D eigenvalue weighted by molar-refractivity contribution is 0.399. The molecule has 1 atom stereocenters. The number of rotatable bonds is 3. The van der Waals surface area contributed by atoms with E-state index in [0.717, 1.165) is 25.4 Å². The maximum Gasteiger partial charge on any atom is 0.0319 e. The van der Waals surface area contributed by atoms with Crippen molar-refractivity contribution in [3.63, 3.8) is 0 Å². The Morgan fingerprint density at radius 1 is 1.17 bits per heavy atom. The fourth-order valence-electron chi connectivity index (χ4n) is 0.535. The molecule has 0 amide bonds. The molecule has 0 heterocycles. The standard InChI is InChI=1S/C8H16.C2H6.CH4O/c1-5-6-8(4)7(2)3;2*1-2/h5,7-8H,1,6H2,2-4H3;1-2H3;2H,1H3. The van der Waals surface area contributed by atoms with Crippen LogP contribution in [0.25, 0.3) is 0 Å². The Labute approximate surface area is 78.5 Å². The van der Waals surface area contributed by atoms with Crippen LogP contribution in [-0.2, 0) is 0 Å². The molecule has 76 valence electrons. The lowest BCUT2D eigenvalue weighted by Crippen LogP contribution is -2.01. The summed E-state index contributed by atoms with van der Waals surface area (Å²) < 4.78 is 0. The number of hydrogen-bond acceptors (Lipinski definition) is 1. The van der Waals surface area contributed by atoms with Gasteiger partial charge in [0.05, 0.1) is 0 Å². The second kappa shape index (κ2) is 17.0. The first-order valence-electron chi connectivity index (χ1n) is 4.74. The highest BCUT2D eigenvalue weighted by Crippen LogP contribution is 2.13. The molecule has 0 aliphatic carbocycles. The van der Waals surface area contributed by atoms with Crippen molar-refractivity contribution in [2.75, 3.05) is 7.11 Å². The zero-order valence-corrected chi connectivity index (χ0v) is 9.59. The molecule has 0 aromatic heterocycles. The van der Waals surface area contributed by atoms with Gasteiger partial charge in [-0.2, -0.15) is 0 Å². The van der Waals surface area contributed by atoms with E-state index in [1.807, 2.05) is 19.9 Å². The van der Waals surface area contributed by atoms with Crippen LogP contribution in [0.15, 0.2) is 12.7 Å². The topological polar surface area (TPSA) is 20.2 Å². The van der Waals surface area contributed by atoms with Crippen molar-refractivity contribution in [1.29, 1.82) is 0 Å². The fraction of sp³-hybridized carbons (Fsp3) is 0.818. The summed E-state index contributed by atoms with van der Waals surface area (Å²) in [4.78, 5) is 0. The van der Waals surface area contributed by atoms with Gasteiger partial charge in [-0.1, -0.05) is 40.7 Å². The summed E-state index contributed by atoms with van der Waals surface area (Å²) in [5, 5.41) is 7.00. The van der Waals surface area contributed by atoms with Gasteiger partial charge < -0.3 is 5.11 Å². The largest absolute Gasteiger partial charge is 0.400 e. The molecule has 0 aromatic carbocycles. The smallest absolute Gasteiger partial charge is 0.0319 e. The van der Waals surface area contributed by atoms with Crippen LogP contribution in [0.5, 0.6) is 0 Å². The molecule has 1 nitrogen and oxygen atoms in total. The second-order valence-electron chi connectivity index (χ2n) is 2.75. The van der Waals surface area contributed by atoms with E-state index < -0.39 is 0 Å². The molecule has 0 saturated heterocycles. The van der Waals surface area contributed by atoms with Crippen molar-refractivity contribution in [3.8, 4) is 0 Å². The van der Waals surface area contributed by atoms with Gasteiger partial charge >= 0.3 is 0 Å². The molecule has 1 unspecified atom stereocenters. The van der Waals surface area contributed by atoms with Gasteiger partial charge in [-0.3, -0.25) is 0 Å². The van der Waals surface area contributed by atoms with Crippen molar-refractivity contribution in [1.82, 2.24) is 0 Å². The molecule has 12 heavy (non-hydrogen) atoms. The van der Waals surface area contributed by atoms with Crippen molar-refractivity contribution in [2.24, 2.45) is 11.8 Å². The Bertz CT molecular complexity index is 67.4. The minimum Gasteiger partial charge on any atom is -0.400 e. The van der Waals surface area contributed by atoms with Crippen molar-refractivity contribution in [2.45, 2.75) is 41.0 Å². The average Bonchev–Trinajstić information content (AvgIpc) is 2.12. The molecule has 0 aromatic rings. The molecule has 0 radical (unpaired) electrons. The summed E-state index contributed by atoms with van der Waals surface area (Å²) in [5.74, 6) is 1.60. The lowest BCUT2D eigenvalue weighted by Gasteiger charge is -2.11. The minimum atomic E-state index is 0.799. The number of hydrogen-bond donors (Lipinski definition) is 1. The van der Waals surface area contributed by atoms with E-state index in [1.54, 1.807) is 0 Å². The van der Waals surface area contributed by atoms with Gasteiger partial charge in [0.1, 0.15) is 0 Å². The maximum absolute atomic E-state index is 7.00. The predicted molar refractivity (Wildman–Crippen MR) is 58.3 cm³/mol. The molecule has 0 rings (SSSR count). The van der Waals surface area contributed by atoms with Gasteiger partial charge in [0, 0.05) is 7.11 Å². The molecule has 0 aliphatic rings. The van der Waals surface area contributed by atoms with Crippen LogP contribution in [0.4, 0.5) is 0 Å². The van der Waals surface area contributed by atoms with Crippen LogP contribution in [0.1, 0.15) is 41.0 Å². The van der Waals surface area contributed by atoms with Crippen molar-refractivity contribution >= 4 is 0 Å². The summed E-state index contributed by atoms with van der Waals surface area (Å²) in [7, 11) is 1.00. The number of aliphatic hydroxyl groups is 1. The van der Waals surface area contributed by atoms with Crippen molar-refractivity contribution in [3.05, 3.63) is 12.7 Å². The first kappa shape index (κ1) is 17.7. The van der Waals surface area contributed by atoms with Gasteiger partial charge in [-0.05, 0) is 18.3 Å². The summed E-state index contributed by atoms with van der Waals surface area (Å²) in [6, 6.07) is 0. The molecule has 0 aliphatic heterocycles. The zero-order valence-electron chi connectivity index (χ0n) is 9.59. The SMILES string of the molecule is C=CCC(C)C(C)C.CC.CO. The summed E-state index contributed by atoms with van der Waals surface area (Å²) in [5.41, 5.74) is 0. The lowest BCUT2D eigenvalue weighted by atomic mass is 9.95. The molecular formula is C11H26O. The van der Waals surface area contributed by atoms with Crippen LogP contribution in [0.2, 0.25) is 0 Å². The Hall–Kier alpha value is -0.300. The molecule has 1 heteroatoms. The summed E-state index contributed by atoms with van der Waals surface area (Å²) in [6.07, 6.45) is 3.14. The van der Waals surface area contributed by atoms with E-state index in [2.05, 4.69) is 27.4 Å². The highest BCUT2D eigenvalue weighted by Gasteiger charge is 2.02. The molecule has 0 spiro atoms. The van der Waals surface area contributed by atoms with E-state index in [0.29, 0.717) is 0 Å². The first-order chi connectivity index (χ1) is 5.68. The van der Waals surface area contributed by atoms with Gasteiger partial charge in [0.2, 0.25) is 0 Å². The molecule has 0 saturated carbocycles. The van der Waals surface area contributed by atoms with Gasteiger partial charge in [-0.25, -0.2) is 0 Å². The van der Waals surface area contributed by atoms with Crippen LogP contribution >= 0.6 is 0 Å². The third kappa shape index (κ3) is 16.4. The highest BCUT2D eigenvalue weighted by molar-refractivity contribution is 4.71. The van der Waals surface area contributed by atoms with Crippen LogP contribution in [-0.4, -0.2) is 12.2 Å². The first-order valence-corrected chi connectivity index (χ1v) is 4.74. The summed E-state index contributed by atoms with van der Waals surface area (Å²) in [6.45, 7) is 14.4. The average molecular weight is 174 g/mol. The summed E-state index contributed by atoms with van der Waals surface area (Å²) >= 11 is 0. The van der Waals surface area contributed by atoms with E-state index in [4.69, 9.17) is 5.11 Å². The minimum absolute atomic E-state index is 0.799. The molecule has 0 fully saturated rings. The monoisotopic (exact) mass is 174 g/mol. The third-order valence-corrected chi connectivity index (χ3v) is 1.68. The number of allylic oxidation sites excluding steroid dienone is 1. The normalized spacial score (nSPS) is 10.3. The van der Waals surface area contributed by atoms with Crippen LogP contribution in [0.3, 0.4) is 0 Å². The molecule has 1 N–H and O–H groups in total. The molecule has 0 bridgehead atoms. The second-order valence-corrected chi connectivity index (χ2v) is 2.75. The van der Waals surface area contributed by atoms with E-state index >= 15 is 0 Å². The van der Waals surface area contributed by atoms with Gasteiger partial charge in [0.25, 0.3) is 0 Å². The highest BCUT2D eigenvalue weighted by atomic mass is 16.2. The van der Waals surface area contributed by atoms with Gasteiger partial charge in [0.15, 0.2) is 0 Å².